The van der Waals surface area contributed by atoms with Crippen LogP contribution >= 0.6 is 24.0 Å². The minimum atomic E-state index is 0. The Bertz CT molecular complexity index is 826. The molecule has 2 aromatic rings. The van der Waals surface area contributed by atoms with Crippen molar-refractivity contribution in [1.29, 1.82) is 0 Å². The molecule has 2 N–H and O–H groups in total. The van der Waals surface area contributed by atoms with E-state index in [1.165, 1.54) is 11.3 Å². The largest absolute Gasteiger partial charge is 0.493 e. The van der Waals surface area contributed by atoms with Crippen molar-refractivity contribution in [2.24, 2.45) is 12.0 Å². The lowest BCUT2D eigenvalue weighted by atomic mass is 10.1. The number of nitrogens with zero attached hydrogens (tertiary/aromatic N) is 3. The fraction of sp³-hybridized carbons (Fsp3) is 0.524. The second-order valence-corrected chi connectivity index (χ2v) is 6.68. The van der Waals surface area contributed by atoms with Crippen LogP contribution in [0.1, 0.15) is 29.4 Å². The highest BCUT2D eigenvalue weighted by Crippen LogP contribution is 2.38. The normalized spacial score (nSPS) is 11.0. The van der Waals surface area contributed by atoms with E-state index in [9.17, 15) is 0 Å². The van der Waals surface area contributed by atoms with Crippen molar-refractivity contribution < 1.29 is 14.2 Å². The highest BCUT2D eigenvalue weighted by Gasteiger charge is 2.13. The van der Waals surface area contributed by atoms with E-state index in [2.05, 4.69) is 22.7 Å². The van der Waals surface area contributed by atoms with Gasteiger partial charge in [-0.3, -0.25) is 4.68 Å². The standard InChI is InChI=1S/C21H33N5O3.HI/c1-8-22-21(23-10-9-17-14(2)25-26(4)15(17)3)24-13-16-11-18(27-5)20(29-7)19(12-16)28-6;/h11-12H,8-10,13H2,1-7H3,(H2,22,23,24);1H. The predicted molar refractivity (Wildman–Crippen MR) is 131 cm³/mol. The molecule has 0 bridgehead atoms. The van der Waals surface area contributed by atoms with Crippen LogP contribution in [0.4, 0.5) is 0 Å². The van der Waals surface area contributed by atoms with Crippen molar-refractivity contribution >= 4 is 29.9 Å². The zero-order chi connectivity index (χ0) is 21.4. The number of hydrogen-bond acceptors (Lipinski definition) is 5. The van der Waals surface area contributed by atoms with Crippen LogP contribution in [0.15, 0.2) is 17.1 Å². The van der Waals surface area contributed by atoms with E-state index in [1.807, 2.05) is 37.7 Å². The Morgan fingerprint density at radius 1 is 1.07 bits per heavy atom. The third-order valence-electron chi connectivity index (χ3n) is 4.81. The van der Waals surface area contributed by atoms with Crippen LogP contribution in [-0.4, -0.2) is 50.2 Å². The molecular formula is C21H34IN5O3. The lowest BCUT2D eigenvalue weighted by molar-refractivity contribution is 0.324. The molecule has 1 aromatic carbocycles. The summed E-state index contributed by atoms with van der Waals surface area (Å²) in [4.78, 5) is 4.69. The van der Waals surface area contributed by atoms with Crippen LogP contribution < -0.4 is 24.8 Å². The minimum Gasteiger partial charge on any atom is -0.493 e. The van der Waals surface area contributed by atoms with E-state index in [0.29, 0.717) is 23.8 Å². The quantitative estimate of drug-likeness (QED) is 0.294. The molecule has 30 heavy (non-hydrogen) atoms. The van der Waals surface area contributed by atoms with Crippen LogP contribution in [0.2, 0.25) is 0 Å². The van der Waals surface area contributed by atoms with Crippen LogP contribution in [0.5, 0.6) is 17.2 Å². The number of aromatic nitrogens is 2. The molecule has 0 amide bonds. The number of aliphatic imine (C=N–C) groups is 1. The Morgan fingerprint density at radius 3 is 2.17 bits per heavy atom. The summed E-state index contributed by atoms with van der Waals surface area (Å²) < 4.78 is 18.1. The van der Waals surface area contributed by atoms with Gasteiger partial charge >= 0.3 is 0 Å². The first-order valence-electron chi connectivity index (χ1n) is 9.75. The summed E-state index contributed by atoms with van der Waals surface area (Å²) in [5.74, 6) is 2.59. The molecule has 0 unspecified atom stereocenters. The van der Waals surface area contributed by atoms with E-state index in [-0.39, 0.29) is 24.0 Å². The monoisotopic (exact) mass is 531 g/mol. The molecule has 8 nitrogen and oxygen atoms in total. The molecule has 0 fully saturated rings. The van der Waals surface area contributed by atoms with Crippen molar-refractivity contribution in [3.05, 3.63) is 34.6 Å². The van der Waals surface area contributed by atoms with Crippen molar-refractivity contribution in [3.63, 3.8) is 0 Å². The zero-order valence-corrected chi connectivity index (χ0v) is 21.3. The van der Waals surface area contributed by atoms with Crippen LogP contribution in [-0.2, 0) is 20.0 Å². The van der Waals surface area contributed by atoms with Gasteiger partial charge in [-0.1, -0.05) is 0 Å². The van der Waals surface area contributed by atoms with Gasteiger partial charge in [0, 0.05) is 25.8 Å². The fourth-order valence-corrected chi connectivity index (χ4v) is 3.22. The van der Waals surface area contributed by atoms with E-state index in [4.69, 9.17) is 19.2 Å². The molecular weight excluding hydrogens is 497 g/mol. The molecule has 0 saturated heterocycles. The lowest BCUT2D eigenvalue weighted by Gasteiger charge is -2.14. The number of guanidine groups is 1. The van der Waals surface area contributed by atoms with Crippen molar-refractivity contribution in [2.45, 2.75) is 33.7 Å². The van der Waals surface area contributed by atoms with E-state index in [0.717, 1.165) is 36.7 Å². The number of aryl methyl sites for hydroxylation is 2. The minimum absolute atomic E-state index is 0. The molecule has 0 saturated carbocycles. The van der Waals surface area contributed by atoms with E-state index in [1.54, 1.807) is 21.3 Å². The Labute approximate surface area is 196 Å². The molecule has 1 heterocycles. The van der Waals surface area contributed by atoms with E-state index < -0.39 is 0 Å². The van der Waals surface area contributed by atoms with Gasteiger partial charge < -0.3 is 24.8 Å². The third-order valence-corrected chi connectivity index (χ3v) is 4.81. The summed E-state index contributed by atoms with van der Waals surface area (Å²) in [6.45, 7) is 8.23. The molecule has 0 radical (unpaired) electrons. The van der Waals surface area contributed by atoms with Crippen LogP contribution in [0.3, 0.4) is 0 Å². The summed E-state index contributed by atoms with van der Waals surface area (Å²) in [6, 6.07) is 3.83. The van der Waals surface area contributed by atoms with Gasteiger partial charge in [-0.05, 0) is 50.5 Å². The van der Waals surface area contributed by atoms with Crippen LogP contribution in [0.25, 0.3) is 0 Å². The van der Waals surface area contributed by atoms with Gasteiger partial charge in [0.1, 0.15) is 0 Å². The maximum absolute atomic E-state index is 5.42. The number of rotatable bonds is 9. The Hall–Kier alpha value is -2.17. The Balaban J connectivity index is 0.00000450. The van der Waals surface area contributed by atoms with Gasteiger partial charge in [-0.25, -0.2) is 4.99 Å². The maximum atomic E-state index is 5.42. The average Bonchev–Trinajstić information content (AvgIpc) is 2.96. The zero-order valence-electron chi connectivity index (χ0n) is 19.0. The molecule has 0 aliphatic carbocycles. The number of hydrogen-bond donors (Lipinski definition) is 2. The summed E-state index contributed by atoms with van der Waals surface area (Å²) in [7, 11) is 6.79. The first kappa shape index (κ1) is 25.9. The maximum Gasteiger partial charge on any atom is 0.203 e. The number of nitrogens with one attached hydrogen (secondary N) is 2. The van der Waals surface area contributed by atoms with Gasteiger partial charge in [0.05, 0.1) is 33.6 Å². The first-order valence-corrected chi connectivity index (χ1v) is 9.75. The van der Waals surface area contributed by atoms with Gasteiger partial charge in [0.2, 0.25) is 5.75 Å². The molecule has 2 rings (SSSR count). The molecule has 1 aromatic heterocycles. The molecule has 0 aliphatic rings. The second-order valence-electron chi connectivity index (χ2n) is 6.68. The number of halogens is 1. The van der Waals surface area contributed by atoms with Crippen molar-refractivity contribution in [3.8, 4) is 17.2 Å². The number of methoxy groups -OCH3 is 3. The highest BCUT2D eigenvalue weighted by atomic mass is 127. The van der Waals surface area contributed by atoms with Crippen LogP contribution in [0, 0.1) is 13.8 Å². The topological polar surface area (TPSA) is 81.9 Å². The summed E-state index contributed by atoms with van der Waals surface area (Å²) in [6.07, 6.45) is 0.889. The fourth-order valence-electron chi connectivity index (χ4n) is 3.22. The Kier molecular flexibility index (Phi) is 10.8. The summed E-state index contributed by atoms with van der Waals surface area (Å²) in [5.41, 5.74) is 4.52. The number of ether oxygens (including phenoxy) is 3. The first-order chi connectivity index (χ1) is 13.9. The van der Waals surface area contributed by atoms with Gasteiger partial charge in [-0.15, -0.1) is 24.0 Å². The lowest BCUT2D eigenvalue weighted by Crippen LogP contribution is -2.38. The van der Waals surface area contributed by atoms with Crippen molar-refractivity contribution in [1.82, 2.24) is 20.4 Å². The smallest absolute Gasteiger partial charge is 0.203 e. The average molecular weight is 531 g/mol. The van der Waals surface area contributed by atoms with Gasteiger partial charge in [0.15, 0.2) is 17.5 Å². The molecule has 9 heteroatoms. The van der Waals surface area contributed by atoms with Gasteiger partial charge in [-0.2, -0.15) is 5.10 Å². The third kappa shape index (κ3) is 6.41. The summed E-state index contributed by atoms with van der Waals surface area (Å²) >= 11 is 0. The highest BCUT2D eigenvalue weighted by molar-refractivity contribution is 14.0. The molecule has 0 atom stereocenters. The SMILES string of the molecule is CCNC(=NCc1cc(OC)c(OC)c(OC)c1)NCCc1c(C)nn(C)c1C.I. The van der Waals surface area contributed by atoms with Gasteiger partial charge in [0.25, 0.3) is 0 Å². The van der Waals surface area contributed by atoms with E-state index >= 15 is 0 Å². The molecule has 0 aliphatic heterocycles. The summed E-state index contributed by atoms with van der Waals surface area (Å²) in [5, 5.41) is 11.2. The predicted octanol–water partition coefficient (Wildman–Crippen LogP) is 2.98. The molecule has 0 spiro atoms. The molecule has 168 valence electrons. The Morgan fingerprint density at radius 2 is 1.70 bits per heavy atom. The second kappa shape index (κ2) is 12.5. The number of benzene rings is 1. The van der Waals surface area contributed by atoms with Crippen molar-refractivity contribution in [2.75, 3.05) is 34.4 Å².